The van der Waals surface area contributed by atoms with E-state index in [0.717, 1.165) is 10.4 Å². The van der Waals surface area contributed by atoms with E-state index in [1.54, 1.807) is 19.2 Å². The Balaban J connectivity index is 1.80. The first kappa shape index (κ1) is 15.8. The maximum absolute atomic E-state index is 12.1. The fourth-order valence-electron chi connectivity index (χ4n) is 2.07. The van der Waals surface area contributed by atoms with Crippen LogP contribution in [-0.4, -0.2) is 21.3 Å². The van der Waals surface area contributed by atoms with Crippen LogP contribution >= 0.6 is 46.3 Å². The zero-order chi connectivity index (χ0) is 15.9. The molecule has 0 saturated carbocycles. The Morgan fingerprint density at radius 2 is 2.14 bits per heavy atom. The number of carbonyl (C=O) groups excluding carboxylic acids is 1. The van der Waals surface area contributed by atoms with Gasteiger partial charge in [-0.3, -0.25) is 10.2 Å². The molecule has 3 rings (SSSR count). The van der Waals surface area contributed by atoms with Crippen molar-refractivity contribution < 1.29 is 4.79 Å². The van der Waals surface area contributed by atoms with E-state index in [0.29, 0.717) is 21.6 Å². The molecule has 2 heterocycles. The lowest BCUT2D eigenvalue weighted by Gasteiger charge is -2.10. The first-order valence-electron chi connectivity index (χ1n) is 6.43. The molecule has 1 aliphatic heterocycles. The number of anilines is 1. The minimum Gasteiger partial charge on any atom is -0.278 e. The summed E-state index contributed by atoms with van der Waals surface area (Å²) in [6.07, 6.45) is 2.39. The minimum atomic E-state index is -0.227. The number of benzene rings is 1. The molecule has 1 N–H and O–H groups in total. The van der Waals surface area contributed by atoms with Gasteiger partial charge in [0, 0.05) is 17.5 Å². The third-order valence-electron chi connectivity index (χ3n) is 3.15. The van der Waals surface area contributed by atoms with Gasteiger partial charge in [0.25, 0.3) is 0 Å². The first-order chi connectivity index (χ1) is 10.5. The largest absolute Gasteiger partial charge is 0.278 e. The summed E-state index contributed by atoms with van der Waals surface area (Å²) < 4.78 is 0. The molecule has 0 aliphatic carbocycles. The molecule has 0 unspecified atom stereocenters. The van der Waals surface area contributed by atoms with Crippen LogP contribution in [-0.2, 0) is 11.2 Å². The average Bonchev–Trinajstić information content (AvgIpc) is 3.00. The predicted molar refractivity (Wildman–Crippen MR) is 93.6 cm³/mol. The van der Waals surface area contributed by atoms with Gasteiger partial charge in [0.1, 0.15) is 0 Å². The van der Waals surface area contributed by atoms with Gasteiger partial charge in [-0.25, -0.2) is 9.88 Å². The van der Waals surface area contributed by atoms with E-state index >= 15 is 0 Å². The van der Waals surface area contributed by atoms with Gasteiger partial charge in [-0.05, 0) is 24.6 Å². The van der Waals surface area contributed by atoms with Crippen molar-refractivity contribution in [2.45, 2.75) is 18.6 Å². The van der Waals surface area contributed by atoms with Crippen LogP contribution in [0.1, 0.15) is 17.4 Å². The number of nitrogens with one attached hydrogen (secondary N) is 1. The summed E-state index contributed by atoms with van der Waals surface area (Å²) >= 11 is 14.6. The Morgan fingerprint density at radius 1 is 1.36 bits per heavy atom. The zero-order valence-electron chi connectivity index (χ0n) is 11.5. The standard InChI is InChI=1S/C14H11Cl2N3OS2/c1-7-12(20)19(13(17)21-7)14-18-6-9(22-14)4-8-2-3-10(15)11(16)5-8/h2-3,5-7,17H,4H2,1H3/t7-/m0/s1. The quantitative estimate of drug-likeness (QED) is 0.866. The summed E-state index contributed by atoms with van der Waals surface area (Å²) in [7, 11) is 0. The third-order valence-corrected chi connectivity index (χ3v) is 5.84. The predicted octanol–water partition coefficient (Wildman–Crippen LogP) is 4.44. The number of thiazole rings is 1. The third kappa shape index (κ3) is 3.01. The normalized spacial score (nSPS) is 18.3. The number of halogens is 2. The molecule has 1 aromatic carbocycles. The smallest absolute Gasteiger partial charge is 0.248 e. The van der Waals surface area contributed by atoms with Crippen LogP contribution in [0, 0.1) is 5.41 Å². The van der Waals surface area contributed by atoms with Gasteiger partial charge in [0.15, 0.2) is 10.3 Å². The number of amidine groups is 1. The minimum absolute atomic E-state index is 0.0922. The van der Waals surface area contributed by atoms with Crippen molar-refractivity contribution in [1.29, 1.82) is 5.41 Å². The highest BCUT2D eigenvalue weighted by Crippen LogP contribution is 2.34. The molecule has 1 fully saturated rings. The fourth-order valence-corrected chi connectivity index (χ4v) is 4.22. The molecule has 1 aromatic heterocycles. The van der Waals surface area contributed by atoms with E-state index < -0.39 is 0 Å². The van der Waals surface area contributed by atoms with E-state index in [1.807, 2.05) is 12.1 Å². The lowest BCUT2D eigenvalue weighted by Crippen LogP contribution is -2.30. The number of carbonyl (C=O) groups is 1. The van der Waals surface area contributed by atoms with Gasteiger partial charge in [-0.2, -0.15) is 0 Å². The summed E-state index contributed by atoms with van der Waals surface area (Å²) in [5.41, 5.74) is 1.02. The molecule has 1 saturated heterocycles. The summed E-state index contributed by atoms with van der Waals surface area (Å²) in [5, 5.41) is 9.48. The lowest BCUT2D eigenvalue weighted by atomic mass is 10.1. The van der Waals surface area contributed by atoms with Crippen molar-refractivity contribution in [2.75, 3.05) is 4.90 Å². The monoisotopic (exact) mass is 371 g/mol. The lowest BCUT2D eigenvalue weighted by molar-refractivity contribution is -0.116. The SMILES string of the molecule is C[C@@H]1SC(=N)N(c2ncc(Cc3ccc(Cl)c(Cl)c3)s2)C1=O. The highest BCUT2D eigenvalue weighted by Gasteiger charge is 2.36. The van der Waals surface area contributed by atoms with Gasteiger partial charge in [-0.15, -0.1) is 11.3 Å². The summed E-state index contributed by atoms with van der Waals surface area (Å²) in [6.45, 7) is 1.80. The summed E-state index contributed by atoms with van der Waals surface area (Å²) in [6, 6.07) is 5.50. The van der Waals surface area contributed by atoms with Gasteiger partial charge >= 0.3 is 0 Å². The van der Waals surface area contributed by atoms with Crippen molar-refractivity contribution in [2.24, 2.45) is 0 Å². The fraction of sp³-hybridized carbons (Fsp3) is 0.214. The maximum atomic E-state index is 12.1. The molecule has 4 nitrogen and oxygen atoms in total. The van der Waals surface area contributed by atoms with E-state index in [-0.39, 0.29) is 16.3 Å². The van der Waals surface area contributed by atoms with Crippen molar-refractivity contribution in [1.82, 2.24) is 4.98 Å². The van der Waals surface area contributed by atoms with E-state index in [1.165, 1.54) is 28.0 Å². The van der Waals surface area contributed by atoms with Crippen LogP contribution < -0.4 is 4.90 Å². The molecule has 0 spiro atoms. The molecule has 2 aromatic rings. The van der Waals surface area contributed by atoms with Gasteiger partial charge in [-0.1, -0.05) is 41.0 Å². The number of aromatic nitrogens is 1. The van der Waals surface area contributed by atoms with Crippen molar-refractivity contribution in [3.8, 4) is 0 Å². The van der Waals surface area contributed by atoms with Crippen LogP contribution in [0.4, 0.5) is 5.13 Å². The Hall–Kier alpha value is -1.08. The van der Waals surface area contributed by atoms with E-state index in [2.05, 4.69) is 4.98 Å². The van der Waals surface area contributed by atoms with Gasteiger partial charge < -0.3 is 0 Å². The zero-order valence-corrected chi connectivity index (χ0v) is 14.6. The number of rotatable bonds is 3. The second kappa shape index (κ2) is 6.20. The molecule has 22 heavy (non-hydrogen) atoms. The second-order valence-electron chi connectivity index (χ2n) is 4.77. The molecule has 114 valence electrons. The van der Waals surface area contributed by atoms with Gasteiger partial charge in [0.05, 0.1) is 15.3 Å². The average molecular weight is 372 g/mol. The Bertz CT molecular complexity index is 762. The molecule has 8 heteroatoms. The van der Waals surface area contributed by atoms with E-state index in [4.69, 9.17) is 28.6 Å². The molecule has 1 aliphatic rings. The first-order valence-corrected chi connectivity index (χ1v) is 8.88. The van der Waals surface area contributed by atoms with Crippen molar-refractivity contribution >= 4 is 62.5 Å². The van der Waals surface area contributed by atoms with Crippen LogP contribution in [0.3, 0.4) is 0 Å². The van der Waals surface area contributed by atoms with Crippen LogP contribution in [0.2, 0.25) is 10.0 Å². The second-order valence-corrected chi connectivity index (χ2v) is 8.01. The van der Waals surface area contributed by atoms with Crippen LogP contribution in [0.25, 0.3) is 0 Å². The highest BCUT2D eigenvalue weighted by molar-refractivity contribution is 8.16. The molecule has 1 amide bonds. The van der Waals surface area contributed by atoms with Crippen LogP contribution in [0.5, 0.6) is 0 Å². The highest BCUT2D eigenvalue weighted by atomic mass is 35.5. The Labute approximate surface area is 146 Å². The van der Waals surface area contributed by atoms with Gasteiger partial charge in [0.2, 0.25) is 5.91 Å². The number of amides is 1. The molecular weight excluding hydrogens is 361 g/mol. The molecule has 1 atom stereocenters. The maximum Gasteiger partial charge on any atom is 0.248 e. The Morgan fingerprint density at radius 3 is 2.77 bits per heavy atom. The number of thioether (sulfide) groups is 1. The number of hydrogen-bond acceptors (Lipinski definition) is 5. The van der Waals surface area contributed by atoms with Crippen molar-refractivity contribution in [3.05, 3.63) is 44.9 Å². The molecule has 0 radical (unpaired) electrons. The topological polar surface area (TPSA) is 57.1 Å². The summed E-state index contributed by atoms with van der Waals surface area (Å²) in [4.78, 5) is 18.7. The van der Waals surface area contributed by atoms with Crippen LogP contribution in [0.15, 0.2) is 24.4 Å². The van der Waals surface area contributed by atoms with Crippen molar-refractivity contribution in [3.63, 3.8) is 0 Å². The summed E-state index contributed by atoms with van der Waals surface area (Å²) in [5.74, 6) is -0.0922. The Kier molecular flexibility index (Phi) is 4.45. The number of hydrogen-bond donors (Lipinski definition) is 1. The number of nitrogens with zero attached hydrogens (tertiary/aromatic N) is 2. The van der Waals surface area contributed by atoms with E-state index in [9.17, 15) is 4.79 Å². The molecule has 0 bridgehead atoms. The molecular formula is C14H11Cl2N3OS2.